The second-order valence-electron chi connectivity index (χ2n) is 6.42. The summed E-state index contributed by atoms with van der Waals surface area (Å²) in [6.07, 6.45) is 0. The number of benzene rings is 1. The first-order valence-electron chi connectivity index (χ1n) is 7.51. The highest BCUT2D eigenvalue weighted by molar-refractivity contribution is 5.98. The number of urea groups is 1. The van der Waals surface area contributed by atoms with Gasteiger partial charge >= 0.3 is 6.03 Å². The summed E-state index contributed by atoms with van der Waals surface area (Å²) in [7, 11) is 0. The van der Waals surface area contributed by atoms with Crippen LogP contribution in [-0.4, -0.2) is 42.4 Å². The van der Waals surface area contributed by atoms with Gasteiger partial charge in [0.05, 0.1) is 6.54 Å². The van der Waals surface area contributed by atoms with E-state index in [1.807, 2.05) is 20.8 Å². The molecule has 1 heterocycles. The van der Waals surface area contributed by atoms with E-state index in [4.69, 9.17) is 0 Å². The lowest BCUT2D eigenvalue weighted by atomic mass is 9.95. The van der Waals surface area contributed by atoms with Crippen LogP contribution in [0.4, 0.5) is 16.2 Å². The van der Waals surface area contributed by atoms with Crippen molar-refractivity contribution in [1.29, 1.82) is 0 Å². The Kier molecular flexibility index (Phi) is 4.88. The number of carbonyl (C=O) groups is 3. The first kappa shape index (κ1) is 16.8. The van der Waals surface area contributed by atoms with Crippen LogP contribution in [0.5, 0.6) is 0 Å². The zero-order valence-corrected chi connectivity index (χ0v) is 13.6. The number of rotatable bonds is 4. The molecule has 1 aromatic rings. The maximum Gasteiger partial charge on any atom is 0.324 e. The standard InChI is InChI=1S/C16H22N4O3/c1-16(2,3)14(22)19-12-6-4-5-11(9-12)18-10-13(21)20-8-7-17-15(20)23/h4-6,9,18H,7-8,10H2,1-3H3,(H,17,23)(H,19,22). The van der Waals surface area contributed by atoms with Crippen LogP contribution in [0.2, 0.25) is 0 Å². The van der Waals surface area contributed by atoms with Gasteiger partial charge in [0.25, 0.3) is 0 Å². The quantitative estimate of drug-likeness (QED) is 0.787. The topological polar surface area (TPSA) is 90.5 Å². The normalized spacial score (nSPS) is 14.4. The summed E-state index contributed by atoms with van der Waals surface area (Å²) in [6, 6.07) is 6.76. The zero-order chi connectivity index (χ0) is 17.0. The minimum Gasteiger partial charge on any atom is -0.376 e. The van der Waals surface area contributed by atoms with Gasteiger partial charge in [-0.15, -0.1) is 0 Å². The van der Waals surface area contributed by atoms with Crippen molar-refractivity contribution >= 4 is 29.2 Å². The third-order valence-electron chi connectivity index (χ3n) is 3.40. The van der Waals surface area contributed by atoms with Crippen molar-refractivity contribution in [3.8, 4) is 0 Å². The number of nitrogens with one attached hydrogen (secondary N) is 3. The van der Waals surface area contributed by atoms with Crippen LogP contribution in [0, 0.1) is 5.41 Å². The predicted octanol–water partition coefficient (Wildman–Crippen LogP) is 1.63. The van der Waals surface area contributed by atoms with Crippen molar-refractivity contribution in [2.24, 2.45) is 5.41 Å². The molecule has 124 valence electrons. The van der Waals surface area contributed by atoms with Gasteiger partial charge in [-0.2, -0.15) is 0 Å². The summed E-state index contributed by atoms with van der Waals surface area (Å²) < 4.78 is 0. The average Bonchev–Trinajstić information content (AvgIpc) is 2.90. The van der Waals surface area contributed by atoms with Gasteiger partial charge in [0.2, 0.25) is 11.8 Å². The van der Waals surface area contributed by atoms with E-state index >= 15 is 0 Å². The van der Waals surface area contributed by atoms with Crippen molar-refractivity contribution in [1.82, 2.24) is 10.2 Å². The molecule has 7 nitrogen and oxygen atoms in total. The molecule has 2 rings (SSSR count). The summed E-state index contributed by atoms with van der Waals surface area (Å²) >= 11 is 0. The molecule has 0 atom stereocenters. The number of imide groups is 1. The van der Waals surface area contributed by atoms with Crippen LogP contribution in [0.3, 0.4) is 0 Å². The van der Waals surface area contributed by atoms with Crippen LogP contribution in [0.1, 0.15) is 20.8 Å². The minimum atomic E-state index is -0.484. The Balaban J connectivity index is 1.93. The Morgan fingerprint density at radius 3 is 2.57 bits per heavy atom. The number of nitrogens with zero attached hydrogens (tertiary/aromatic N) is 1. The molecule has 1 aromatic carbocycles. The van der Waals surface area contributed by atoms with Crippen LogP contribution >= 0.6 is 0 Å². The van der Waals surface area contributed by atoms with Gasteiger partial charge in [-0.25, -0.2) is 4.79 Å². The molecule has 0 aliphatic carbocycles. The molecular weight excluding hydrogens is 296 g/mol. The predicted molar refractivity (Wildman–Crippen MR) is 88.1 cm³/mol. The summed E-state index contributed by atoms with van der Waals surface area (Å²) in [5.41, 5.74) is 0.869. The monoisotopic (exact) mass is 318 g/mol. The smallest absolute Gasteiger partial charge is 0.324 e. The van der Waals surface area contributed by atoms with Crippen LogP contribution < -0.4 is 16.0 Å². The highest BCUT2D eigenvalue weighted by Gasteiger charge is 2.25. The molecule has 0 saturated carbocycles. The number of anilines is 2. The largest absolute Gasteiger partial charge is 0.376 e. The lowest BCUT2D eigenvalue weighted by molar-refractivity contribution is -0.125. The molecule has 0 unspecified atom stereocenters. The Bertz CT molecular complexity index is 622. The van der Waals surface area contributed by atoms with Gasteiger partial charge in [-0.3, -0.25) is 14.5 Å². The van der Waals surface area contributed by atoms with Crippen molar-refractivity contribution in [3.63, 3.8) is 0 Å². The second kappa shape index (κ2) is 6.68. The van der Waals surface area contributed by atoms with Crippen molar-refractivity contribution in [2.75, 3.05) is 30.3 Å². The lowest BCUT2D eigenvalue weighted by Crippen LogP contribution is -2.38. The van der Waals surface area contributed by atoms with E-state index in [2.05, 4.69) is 16.0 Å². The molecule has 1 fully saturated rings. The van der Waals surface area contributed by atoms with Crippen LogP contribution in [0.25, 0.3) is 0 Å². The Morgan fingerprint density at radius 1 is 1.26 bits per heavy atom. The van der Waals surface area contributed by atoms with Crippen molar-refractivity contribution in [2.45, 2.75) is 20.8 Å². The summed E-state index contributed by atoms with van der Waals surface area (Å²) in [6.45, 7) is 6.41. The first-order valence-corrected chi connectivity index (χ1v) is 7.51. The molecule has 0 spiro atoms. The number of carbonyl (C=O) groups excluding carboxylic acids is 3. The highest BCUT2D eigenvalue weighted by Crippen LogP contribution is 2.20. The first-order chi connectivity index (χ1) is 10.8. The molecule has 1 saturated heterocycles. The van der Waals surface area contributed by atoms with E-state index in [-0.39, 0.29) is 24.4 Å². The molecule has 4 amide bonds. The molecule has 1 aliphatic heterocycles. The average molecular weight is 318 g/mol. The van der Waals surface area contributed by atoms with Gasteiger partial charge < -0.3 is 16.0 Å². The fourth-order valence-electron chi connectivity index (χ4n) is 2.01. The van der Waals surface area contributed by atoms with E-state index < -0.39 is 5.41 Å². The van der Waals surface area contributed by atoms with E-state index in [9.17, 15) is 14.4 Å². The number of hydrogen-bond acceptors (Lipinski definition) is 4. The fraction of sp³-hybridized carbons (Fsp3) is 0.438. The highest BCUT2D eigenvalue weighted by atomic mass is 16.2. The maximum atomic E-state index is 12.0. The number of amides is 4. The lowest BCUT2D eigenvalue weighted by Gasteiger charge is -2.18. The van der Waals surface area contributed by atoms with E-state index in [1.54, 1.807) is 24.3 Å². The number of hydrogen-bond donors (Lipinski definition) is 3. The molecule has 23 heavy (non-hydrogen) atoms. The van der Waals surface area contributed by atoms with Gasteiger partial charge in [-0.05, 0) is 18.2 Å². The maximum absolute atomic E-state index is 12.0. The Morgan fingerprint density at radius 2 is 1.96 bits per heavy atom. The minimum absolute atomic E-state index is 0.0179. The molecule has 3 N–H and O–H groups in total. The Hall–Kier alpha value is -2.57. The molecular formula is C16H22N4O3. The Labute approximate surface area is 135 Å². The molecule has 7 heteroatoms. The molecule has 1 aliphatic rings. The summed E-state index contributed by atoms with van der Waals surface area (Å²) in [5, 5.41) is 8.39. The summed E-state index contributed by atoms with van der Waals surface area (Å²) in [4.78, 5) is 36.5. The van der Waals surface area contributed by atoms with Crippen LogP contribution in [0.15, 0.2) is 24.3 Å². The fourth-order valence-corrected chi connectivity index (χ4v) is 2.01. The third-order valence-corrected chi connectivity index (χ3v) is 3.40. The van der Waals surface area contributed by atoms with Crippen molar-refractivity contribution in [3.05, 3.63) is 24.3 Å². The molecule has 0 radical (unpaired) electrons. The van der Waals surface area contributed by atoms with Gasteiger partial charge in [0, 0.05) is 29.9 Å². The molecule has 0 bridgehead atoms. The van der Waals surface area contributed by atoms with Crippen LogP contribution in [-0.2, 0) is 9.59 Å². The van der Waals surface area contributed by atoms with Gasteiger partial charge in [0.1, 0.15) is 0 Å². The van der Waals surface area contributed by atoms with E-state index in [1.165, 1.54) is 4.90 Å². The van der Waals surface area contributed by atoms with Crippen molar-refractivity contribution < 1.29 is 14.4 Å². The third kappa shape index (κ3) is 4.45. The SMILES string of the molecule is CC(C)(C)C(=O)Nc1cccc(NCC(=O)N2CCNC2=O)c1. The molecule has 0 aromatic heterocycles. The van der Waals surface area contributed by atoms with E-state index in [0.29, 0.717) is 24.5 Å². The van der Waals surface area contributed by atoms with Gasteiger partial charge in [-0.1, -0.05) is 26.8 Å². The second-order valence-corrected chi connectivity index (χ2v) is 6.42. The van der Waals surface area contributed by atoms with E-state index in [0.717, 1.165) is 0 Å². The zero-order valence-electron chi connectivity index (χ0n) is 13.6. The van der Waals surface area contributed by atoms with Gasteiger partial charge in [0.15, 0.2) is 0 Å². The summed E-state index contributed by atoms with van der Waals surface area (Å²) in [5.74, 6) is -0.372.